The fourth-order valence-corrected chi connectivity index (χ4v) is 3.27. The molecule has 2 heterocycles. The molecule has 29 heavy (non-hydrogen) atoms. The molecule has 0 radical (unpaired) electrons. The van der Waals surface area contributed by atoms with Gasteiger partial charge in [0.25, 0.3) is 11.6 Å². The maximum absolute atomic E-state index is 12.9. The fourth-order valence-electron chi connectivity index (χ4n) is 3.27. The summed E-state index contributed by atoms with van der Waals surface area (Å²) < 4.78 is 39.8. The maximum atomic E-state index is 12.9. The first-order chi connectivity index (χ1) is 13.6. The van der Waals surface area contributed by atoms with Crippen LogP contribution in [0, 0.1) is 13.8 Å². The summed E-state index contributed by atoms with van der Waals surface area (Å²) in [5, 5.41) is 3.54. The van der Waals surface area contributed by atoms with Crippen molar-refractivity contribution >= 4 is 11.7 Å². The normalized spacial score (nSPS) is 12.9. The third kappa shape index (κ3) is 4.23. The smallest absolute Gasteiger partial charge is 0.339 e. The Hall–Kier alpha value is -2.97. The zero-order chi connectivity index (χ0) is 21.3. The second-order valence-corrected chi connectivity index (χ2v) is 7.00. The van der Waals surface area contributed by atoms with Crippen molar-refractivity contribution in [2.45, 2.75) is 45.8 Å². The summed E-state index contributed by atoms with van der Waals surface area (Å²) in [5.41, 5.74) is 2.77. The van der Waals surface area contributed by atoms with Crippen molar-refractivity contribution in [3.05, 3.63) is 58.7 Å². The highest BCUT2D eigenvalue weighted by molar-refractivity contribution is 5.76. The molecule has 0 aliphatic heterocycles. The van der Waals surface area contributed by atoms with E-state index in [4.69, 9.17) is 0 Å². The number of aryl methyl sites for hydroxylation is 2. The van der Waals surface area contributed by atoms with Gasteiger partial charge < -0.3 is 4.90 Å². The van der Waals surface area contributed by atoms with Crippen LogP contribution in [0.25, 0.3) is 5.78 Å². The Labute approximate surface area is 166 Å². The third-order valence-electron chi connectivity index (χ3n) is 5.15. The summed E-state index contributed by atoms with van der Waals surface area (Å²) in [4.78, 5) is 22.0. The number of fused-ring (bicyclic) bond motifs is 1. The number of benzene rings is 1. The zero-order valence-corrected chi connectivity index (χ0v) is 16.7. The van der Waals surface area contributed by atoms with Crippen molar-refractivity contribution in [2.24, 2.45) is 0 Å². The standard InChI is InChI=1S/C20H22F3N5O/c1-12-16(14(3)28-19(24-12)25-18(26-28)20(21,22)23)10-11-17(29)27(4)13(2)15-8-6-5-7-9-15/h5-9,13H,10-11H2,1-4H3/t13-/m0/s1. The fraction of sp³-hybridized carbons (Fsp3) is 0.400. The van der Waals surface area contributed by atoms with Gasteiger partial charge in [0.15, 0.2) is 0 Å². The van der Waals surface area contributed by atoms with Gasteiger partial charge in [-0.3, -0.25) is 4.79 Å². The summed E-state index contributed by atoms with van der Waals surface area (Å²) >= 11 is 0. The van der Waals surface area contributed by atoms with Gasteiger partial charge in [-0.1, -0.05) is 30.3 Å². The molecule has 0 N–H and O–H groups in total. The van der Waals surface area contributed by atoms with Crippen LogP contribution in [0.1, 0.15) is 47.7 Å². The van der Waals surface area contributed by atoms with Crippen LogP contribution in [-0.4, -0.2) is 37.4 Å². The molecule has 3 rings (SSSR count). The van der Waals surface area contributed by atoms with Gasteiger partial charge in [-0.05, 0) is 38.3 Å². The monoisotopic (exact) mass is 405 g/mol. The highest BCUT2D eigenvalue weighted by Crippen LogP contribution is 2.27. The molecule has 1 aromatic carbocycles. The lowest BCUT2D eigenvalue weighted by molar-refractivity contribution is -0.144. The number of carbonyl (C=O) groups excluding carboxylic acids is 1. The molecule has 2 aromatic heterocycles. The molecule has 0 fully saturated rings. The highest BCUT2D eigenvalue weighted by atomic mass is 19.4. The lowest BCUT2D eigenvalue weighted by Crippen LogP contribution is -2.30. The van der Waals surface area contributed by atoms with Gasteiger partial charge in [0.2, 0.25) is 5.91 Å². The number of hydrogen-bond donors (Lipinski definition) is 0. The van der Waals surface area contributed by atoms with E-state index in [1.54, 1.807) is 25.8 Å². The number of aromatic nitrogens is 4. The van der Waals surface area contributed by atoms with Crippen LogP contribution in [0.5, 0.6) is 0 Å². The molecule has 0 aliphatic carbocycles. The minimum atomic E-state index is -4.64. The second kappa shape index (κ2) is 7.81. The van der Waals surface area contributed by atoms with Crippen molar-refractivity contribution in [1.29, 1.82) is 0 Å². The van der Waals surface area contributed by atoms with E-state index in [0.29, 0.717) is 23.4 Å². The molecule has 1 amide bonds. The Kier molecular flexibility index (Phi) is 5.59. The van der Waals surface area contributed by atoms with Gasteiger partial charge >= 0.3 is 6.18 Å². The van der Waals surface area contributed by atoms with E-state index in [1.165, 1.54) is 0 Å². The number of amides is 1. The van der Waals surface area contributed by atoms with E-state index in [9.17, 15) is 18.0 Å². The molecule has 0 unspecified atom stereocenters. The summed E-state index contributed by atoms with van der Waals surface area (Å²) in [6.07, 6.45) is -4.07. The molecule has 0 bridgehead atoms. The first-order valence-corrected chi connectivity index (χ1v) is 9.20. The number of alkyl halides is 3. The zero-order valence-electron chi connectivity index (χ0n) is 16.7. The van der Waals surface area contributed by atoms with Crippen molar-refractivity contribution in [1.82, 2.24) is 24.5 Å². The molecule has 9 heteroatoms. The molecular weight excluding hydrogens is 383 g/mol. The van der Waals surface area contributed by atoms with Crippen LogP contribution >= 0.6 is 0 Å². The Morgan fingerprint density at radius 2 is 1.83 bits per heavy atom. The number of halogens is 3. The minimum Gasteiger partial charge on any atom is -0.339 e. The molecule has 0 spiro atoms. The van der Waals surface area contributed by atoms with Gasteiger partial charge in [0.1, 0.15) is 0 Å². The Morgan fingerprint density at radius 3 is 2.45 bits per heavy atom. The molecular formula is C20H22F3N5O. The van der Waals surface area contributed by atoms with E-state index < -0.39 is 12.0 Å². The molecule has 154 valence electrons. The number of rotatable bonds is 5. The predicted molar refractivity (Wildman–Crippen MR) is 101 cm³/mol. The lowest BCUT2D eigenvalue weighted by atomic mass is 10.0. The van der Waals surface area contributed by atoms with E-state index >= 15 is 0 Å². The lowest BCUT2D eigenvalue weighted by Gasteiger charge is -2.25. The summed E-state index contributed by atoms with van der Waals surface area (Å²) in [5.74, 6) is -1.39. The van der Waals surface area contributed by atoms with Crippen LogP contribution in [0.2, 0.25) is 0 Å². The molecule has 3 aromatic rings. The summed E-state index contributed by atoms with van der Waals surface area (Å²) in [7, 11) is 1.74. The molecule has 0 saturated heterocycles. The van der Waals surface area contributed by atoms with E-state index in [0.717, 1.165) is 10.1 Å². The van der Waals surface area contributed by atoms with E-state index in [1.807, 2.05) is 37.3 Å². The van der Waals surface area contributed by atoms with E-state index in [-0.39, 0.29) is 24.1 Å². The van der Waals surface area contributed by atoms with Crippen molar-refractivity contribution in [3.63, 3.8) is 0 Å². The first kappa shape index (κ1) is 20.8. The number of hydrogen-bond acceptors (Lipinski definition) is 4. The largest absolute Gasteiger partial charge is 0.453 e. The summed E-state index contributed by atoms with van der Waals surface area (Å²) in [6, 6.07) is 9.60. The van der Waals surface area contributed by atoms with Gasteiger partial charge in [0.05, 0.1) is 6.04 Å². The number of nitrogens with zero attached hydrogens (tertiary/aromatic N) is 5. The quantitative estimate of drug-likeness (QED) is 0.646. The Balaban J connectivity index is 1.78. The van der Waals surface area contributed by atoms with Gasteiger partial charge in [-0.2, -0.15) is 18.2 Å². The van der Waals surface area contributed by atoms with E-state index in [2.05, 4.69) is 15.1 Å². The van der Waals surface area contributed by atoms with Crippen LogP contribution in [0.15, 0.2) is 30.3 Å². The van der Waals surface area contributed by atoms with Crippen molar-refractivity contribution in [2.75, 3.05) is 7.05 Å². The van der Waals surface area contributed by atoms with Crippen molar-refractivity contribution in [3.8, 4) is 0 Å². The third-order valence-corrected chi connectivity index (χ3v) is 5.15. The second-order valence-electron chi connectivity index (χ2n) is 7.00. The van der Waals surface area contributed by atoms with Crippen LogP contribution in [0.3, 0.4) is 0 Å². The SMILES string of the molecule is Cc1nc2nc(C(F)(F)F)nn2c(C)c1CCC(=O)N(C)[C@@H](C)c1ccccc1. The molecule has 0 aliphatic rings. The average molecular weight is 405 g/mol. The first-order valence-electron chi connectivity index (χ1n) is 9.20. The Bertz CT molecular complexity index is 1030. The predicted octanol–water partition coefficient (Wildman–Crippen LogP) is 3.91. The van der Waals surface area contributed by atoms with Gasteiger partial charge in [-0.15, -0.1) is 5.10 Å². The Morgan fingerprint density at radius 1 is 1.17 bits per heavy atom. The topological polar surface area (TPSA) is 63.4 Å². The van der Waals surface area contributed by atoms with Crippen molar-refractivity contribution < 1.29 is 18.0 Å². The maximum Gasteiger partial charge on any atom is 0.453 e. The number of carbonyl (C=O) groups is 1. The van der Waals surface area contributed by atoms with Gasteiger partial charge in [-0.25, -0.2) is 9.50 Å². The van der Waals surface area contributed by atoms with Crippen LogP contribution in [-0.2, 0) is 17.4 Å². The highest BCUT2D eigenvalue weighted by Gasteiger charge is 2.37. The molecule has 1 atom stereocenters. The average Bonchev–Trinajstić information content (AvgIpc) is 3.11. The minimum absolute atomic E-state index is 0.0604. The summed E-state index contributed by atoms with van der Waals surface area (Å²) in [6.45, 7) is 5.31. The van der Waals surface area contributed by atoms with Crippen LogP contribution in [0.4, 0.5) is 13.2 Å². The van der Waals surface area contributed by atoms with Gasteiger partial charge in [0, 0.05) is 24.9 Å². The van der Waals surface area contributed by atoms with Crippen LogP contribution < -0.4 is 0 Å². The molecule has 6 nitrogen and oxygen atoms in total. The molecule has 0 saturated carbocycles.